The Labute approximate surface area is 300 Å². The van der Waals surface area contributed by atoms with Crippen molar-refractivity contribution in [3.05, 3.63) is 119 Å². The Morgan fingerprint density at radius 2 is 1.38 bits per heavy atom. The van der Waals surface area contributed by atoms with Crippen LogP contribution in [-0.2, 0) is 26.5 Å². The Bertz CT molecular complexity index is 2040. The molecule has 0 saturated heterocycles. The first-order valence-electron chi connectivity index (χ1n) is 16.8. The van der Waals surface area contributed by atoms with Gasteiger partial charge in [-0.25, -0.2) is 4.98 Å². The van der Waals surface area contributed by atoms with Crippen molar-refractivity contribution < 1.29 is 26.2 Å². The van der Waals surface area contributed by atoms with E-state index < -0.39 is 0 Å². The summed E-state index contributed by atoms with van der Waals surface area (Å²) in [7, 11) is 0. The topological polar surface area (TPSA) is 50.9 Å². The molecule has 4 nitrogen and oxygen atoms in total. The molecule has 0 aliphatic heterocycles. The van der Waals surface area contributed by atoms with Crippen LogP contribution in [0.5, 0.6) is 5.75 Å². The molecule has 5 heteroatoms. The van der Waals surface area contributed by atoms with Gasteiger partial charge < -0.3 is 5.11 Å². The second-order valence-electron chi connectivity index (χ2n) is 14.6. The number of fused-ring (bicyclic) bond motifs is 1. The van der Waals surface area contributed by atoms with Crippen LogP contribution in [0.1, 0.15) is 102 Å². The smallest absolute Gasteiger partial charge is 0.148 e. The molecule has 0 saturated carbocycles. The van der Waals surface area contributed by atoms with Gasteiger partial charge in [-0.15, -0.1) is 29.3 Å². The van der Waals surface area contributed by atoms with Gasteiger partial charge in [-0.3, -0.25) is 9.55 Å². The molecule has 0 aliphatic carbocycles. The number of nitrogens with zero attached hydrogens (tertiary/aromatic N) is 3. The number of imidazole rings is 1. The summed E-state index contributed by atoms with van der Waals surface area (Å²) in [5, 5.41) is 11.4. The zero-order valence-corrected chi connectivity index (χ0v) is 31.8. The molecule has 2 aromatic heterocycles. The van der Waals surface area contributed by atoms with Crippen LogP contribution in [0, 0.1) is 6.07 Å². The molecule has 6 rings (SSSR count). The number of hydrogen-bond donors (Lipinski definition) is 1. The van der Waals surface area contributed by atoms with Crippen molar-refractivity contribution in [3.8, 4) is 45.2 Å². The maximum atomic E-state index is 11.4. The number of para-hydroxylation sites is 2. The molecular weight excluding hydrogens is 770 g/mol. The molecule has 0 radical (unpaired) electrons. The van der Waals surface area contributed by atoms with Crippen molar-refractivity contribution >= 4 is 11.0 Å². The minimum Gasteiger partial charge on any atom is -0.507 e. The molecule has 0 fully saturated rings. The molecule has 4 aromatic carbocycles. The van der Waals surface area contributed by atoms with Crippen molar-refractivity contribution in [2.24, 2.45) is 0 Å². The SMILES string of the molecule is CC(C)c1ccc(O)c(-c2nc3c(-c4[c-]c(-c5ccccn5)cc(C(C)(C)C)c4)cccc3n2-c2c(C(C)C)cccc2C(C)C)c1.[Pt]. The fraction of sp³-hybridized carbons (Fsp3) is 0.302. The van der Waals surface area contributed by atoms with E-state index in [1.165, 1.54) is 16.7 Å². The third-order valence-corrected chi connectivity index (χ3v) is 9.15. The number of aromatic nitrogens is 3. The maximum Gasteiger partial charge on any atom is 0.148 e. The number of phenolic OH excluding ortho intramolecular Hbond substituents is 1. The van der Waals surface area contributed by atoms with Crippen molar-refractivity contribution in [1.29, 1.82) is 0 Å². The van der Waals surface area contributed by atoms with Gasteiger partial charge in [0.05, 0.1) is 22.3 Å². The van der Waals surface area contributed by atoms with Crippen LogP contribution < -0.4 is 0 Å². The molecule has 0 amide bonds. The molecule has 0 spiro atoms. The number of aromatic hydroxyl groups is 1. The first-order chi connectivity index (χ1) is 22.3. The fourth-order valence-corrected chi connectivity index (χ4v) is 6.39. The molecule has 0 bridgehead atoms. The van der Waals surface area contributed by atoms with Gasteiger partial charge in [0.1, 0.15) is 11.6 Å². The standard InChI is InChI=1S/C43H46N3O.Pt/c1-26(2)29-19-20-39(47)36(25-29)42-45-40-35(30-22-31(37-17-10-11-21-44-37)24-32(23-30)43(7,8)9)16-13-18-38(40)46(42)41-33(27(3)4)14-12-15-34(41)28(5)6;/h10-21,23-28,47H,1-9H3;/q-1;. The van der Waals surface area contributed by atoms with Gasteiger partial charge in [0.15, 0.2) is 0 Å². The first-order valence-corrected chi connectivity index (χ1v) is 16.8. The normalized spacial score (nSPS) is 11.9. The van der Waals surface area contributed by atoms with Gasteiger partial charge in [-0.2, -0.15) is 0 Å². The van der Waals surface area contributed by atoms with Crippen LogP contribution in [0.2, 0.25) is 0 Å². The average Bonchev–Trinajstić information content (AvgIpc) is 3.43. The van der Waals surface area contributed by atoms with E-state index in [2.05, 4.69) is 133 Å². The largest absolute Gasteiger partial charge is 0.507 e. The zero-order valence-electron chi connectivity index (χ0n) is 29.5. The van der Waals surface area contributed by atoms with Crippen molar-refractivity contribution in [2.45, 2.75) is 85.5 Å². The van der Waals surface area contributed by atoms with Crippen LogP contribution in [0.25, 0.3) is 50.5 Å². The van der Waals surface area contributed by atoms with E-state index in [0.717, 1.165) is 56.1 Å². The predicted octanol–water partition coefficient (Wildman–Crippen LogP) is 11.6. The predicted molar refractivity (Wildman–Crippen MR) is 197 cm³/mol. The van der Waals surface area contributed by atoms with Gasteiger partial charge >= 0.3 is 0 Å². The Balaban J connectivity index is 0.00000451. The van der Waals surface area contributed by atoms with E-state index in [1.54, 1.807) is 0 Å². The molecular formula is C43H46N3OPt-. The van der Waals surface area contributed by atoms with E-state index in [4.69, 9.17) is 4.98 Å². The summed E-state index contributed by atoms with van der Waals surface area (Å²) in [6.45, 7) is 20.1. The van der Waals surface area contributed by atoms with E-state index >= 15 is 0 Å². The third kappa shape index (κ3) is 6.65. The molecule has 250 valence electrons. The first kappa shape index (κ1) is 35.3. The molecule has 6 aromatic rings. The number of phenols is 1. The molecule has 0 atom stereocenters. The van der Waals surface area contributed by atoms with Crippen molar-refractivity contribution in [1.82, 2.24) is 14.5 Å². The summed E-state index contributed by atoms with van der Waals surface area (Å²) >= 11 is 0. The maximum absolute atomic E-state index is 11.4. The van der Waals surface area contributed by atoms with Gasteiger partial charge in [-0.1, -0.05) is 122 Å². The number of benzene rings is 4. The number of hydrogen-bond acceptors (Lipinski definition) is 3. The van der Waals surface area contributed by atoms with Gasteiger partial charge in [0.2, 0.25) is 0 Å². The Kier molecular flexibility index (Phi) is 10.2. The van der Waals surface area contributed by atoms with E-state index in [0.29, 0.717) is 5.92 Å². The van der Waals surface area contributed by atoms with Crippen molar-refractivity contribution in [3.63, 3.8) is 0 Å². The molecule has 1 N–H and O–H groups in total. The Morgan fingerprint density at radius 3 is 1.98 bits per heavy atom. The van der Waals surface area contributed by atoms with Crippen molar-refractivity contribution in [2.75, 3.05) is 0 Å². The summed E-state index contributed by atoms with van der Waals surface area (Å²) in [4.78, 5) is 10.1. The summed E-state index contributed by atoms with van der Waals surface area (Å²) in [6, 6.07) is 33.2. The third-order valence-electron chi connectivity index (χ3n) is 9.15. The monoisotopic (exact) mass is 815 g/mol. The van der Waals surface area contributed by atoms with Gasteiger partial charge in [0.25, 0.3) is 0 Å². The Morgan fingerprint density at radius 1 is 0.708 bits per heavy atom. The van der Waals surface area contributed by atoms with Crippen LogP contribution in [0.15, 0.2) is 91.1 Å². The van der Waals surface area contributed by atoms with E-state index in [9.17, 15) is 5.11 Å². The zero-order chi connectivity index (χ0) is 33.6. The molecule has 0 unspecified atom stereocenters. The van der Waals surface area contributed by atoms with Gasteiger partial charge in [-0.05, 0) is 64.1 Å². The van der Waals surface area contributed by atoms with Crippen LogP contribution in [-0.4, -0.2) is 19.6 Å². The summed E-state index contributed by atoms with van der Waals surface area (Å²) in [5.74, 6) is 1.83. The number of rotatable bonds is 7. The van der Waals surface area contributed by atoms with E-state index in [1.807, 2.05) is 36.5 Å². The molecule has 48 heavy (non-hydrogen) atoms. The van der Waals surface area contributed by atoms with Crippen LogP contribution in [0.3, 0.4) is 0 Å². The van der Waals surface area contributed by atoms with E-state index in [-0.39, 0.29) is 44.1 Å². The van der Waals surface area contributed by atoms with Crippen LogP contribution >= 0.6 is 0 Å². The average molecular weight is 816 g/mol. The minimum absolute atomic E-state index is 0. The second-order valence-corrected chi connectivity index (χ2v) is 14.6. The molecule has 0 aliphatic rings. The summed E-state index contributed by atoms with van der Waals surface area (Å²) in [5.41, 5.74) is 12.3. The fourth-order valence-electron chi connectivity index (χ4n) is 6.39. The summed E-state index contributed by atoms with van der Waals surface area (Å²) in [6.07, 6.45) is 1.83. The molecule has 2 heterocycles. The minimum atomic E-state index is -0.0861. The second kappa shape index (κ2) is 13.8. The summed E-state index contributed by atoms with van der Waals surface area (Å²) < 4.78 is 2.30. The number of pyridine rings is 1. The Hall–Kier alpha value is -4.01. The van der Waals surface area contributed by atoms with Crippen LogP contribution in [0.4, 0.5) is 0 Å². The quantitative estimate of drug-likeness (QED) is 0.163. The van der Waals surface area contributed by atoms with Gasteiger partial charge in [0, 0.05) is 33.0 Å².